The molecule has 0 unspecified atom stereocenters. The zero-order valence-corrected chi connectivity index (χ0v) is 12.6. The van der Waals surface area contributed by atoms with Crippen LogP contribution in [-0.2, 0) is 0 Å². The standard InChI is InChI=1S/C15H21N3OS/c1-18(13-8-3-2-4-9-13)14(19)11-6-5-7-12(10-11)17-15(16)20/h5-7,10,13H,2-4,8-9H2,1H3,(H3,16,17,20). The van der Waals surface area contributed by atoms with Crippen molar-refractivity contribution in [3.8, 4) is 0 Å². The van der Waals surface area contributed by atoms with Crippen molar-refractivity contribution in [3.63, 3.8) is 0 Å². The summed E-state index contributed by atoms with van der Waals surface area (Å²) in [5, 5.41) is 3.06. The summed E-state index contributed by atoms with van der Waals surface area (Å²) in [5.74, 6) is 0.0588. The zero-order chi connectivity index (χ0) is 14.5. The third-order valence-electron chi connectivity index (χ3n) is 3.82. The molecular formula is C15H21N3OS. The molecule has 0 radical (unpaired) electrons. The van der Waals surface area contributed by atoms with Crippen LogP contribution in [0, 0.1) is 0 Å². The lowest BCUT2D eigenvalue weighted by Gasteiger charge is -2.31. The molecule has 0 saturated heterocycles. The Kier molecular flexibility index (Phi) is 4.95. The topological polar surface area (TPSA) is 58.4 Å². The van der Waals surface area contributed by atoms with Gasteiger partial charge in [-0.3, -0.25) is 4.79 Å². The summed E-state index contributed by atoms with van der Waals surface area (Å²) in [7, 11) is 1.89. The van der Waals surface area contributed by atoms with Crippen LogP contribution < -0.4 is 11.1 Å². The second-order valence-electron chi connectivity index (χ2n) is 5.28. The first kappa shape index (κ1) is 14.8. The van der Waals surface area contributed by atoms with Crippen molar-refractivity contribution >= 4 is 28.9 Å². The van der Waals surface area contributed by atoms with Gasteiger partial charge < -0.3 is 16.0 Å². The van der Waals surface area contributed by atoms with Crippen molar-refractivity contribution in [2.45, 2.75) is 38.1 Å². The summed E-state index contributed by atoms with van der Waals surface area (Å²) in [5.41, 5.74) is 6.87. The molecule has 0 bridgehead atoms. The quantitative estimate of drug-likeness (QED) is 0.841. The SMILES string of the molecule is CN(C(=O)c1cccc(NC(N)=S)c1)C1CCCCC1. The number of nitrogens with two attached hydrogens (primary N) is 1. The number of nitrogens with zero attached hydrogens (tertiary/aromatic N) is 1. The summed E-state index contributed by atoms with van der Waals surface area (Å²) in [6.07, 6.45) is 5.92. The van der Waals surface area contributed by atoms with Crippen molar-refractivity contribution in [3.05, 3.63) is 29.8 Å². The van der Waals surface area contributed by atoms with Gasteiger partial charge in [0.25, 0.3) is 5.91 Å². The van der Waals surface area contributed by atoms with Crippen LogP contribution in [0.25, 0.3) is 0 Å². The number of rotatable bonds is 3. The zero-order valence-electron chi connectivity index (χ0n) is 11.8. The van der Waals surface area contributed by atoms with Crippen molar-refractivity contribution < 1.29 is 4.79 Å². The van der Waals surface area contributed by atoms with Gasteiger partial charge in [0.05, 0.1) is 0 Å². The fraction of sp³-hybridized carbons (Fsp3) is 0.467. The van der Waals surface area contributed by atoms with E-state index in [1.54, 1.807) is 6.07 Å². The van der Waals surface area contributed by atoms with Crippen molar-refractivity contribution in [1.82, 2.24) is 4.90 Å². The number of thiocarbonyl (C=S) groups is 1. The average molecular weight is 291 g/mol. The molecule has 1 aromatic carbocycles. The van der Waals surface area contributed by atoms with E-state index in [0.717, 1.165) is 18.5 Å². The Morgan fingerprint density at radius 2 is 2.05 bits per heavy atom. The molecule has 0 aromatic heterocycles. The molecular weight excluding hydrogens is 270 g/mol. The Morgan fingerprint density at radius 3 is 2.70 bits per heavy atom. The van der Waals surface area contributed by atoms with E-state index in [4.69, 9.17) is 18.0 Å². The van der Waals surface area contributed by atoms with Crippen LogP contribution in [0.4, 0.5) is 5.69 Å². The monoisotopic (exact) mass is 291 g/mol. The number of hydrogen-bond donors (Lipinski definition) is 2. The number of nitrogens with one attached hydrogen (secondary N) is 1. The van der Waals surface area contributed by atoms with Crippen LogP contribution in [0.5, 0.6) is 0 Å². The fourth-order valence-electron chi connectivity index (χ4n) is 2.71. The molecule has 3 N–H and O–H groups in total. The Bertz CT molecular complexity index is 498. The van der Waals surface area contributed by atoms with Gasteiger partial charge in [-0.25, -0.2) is 0 Å². The van der Waals surface area contributed by atoms with Gasteiger partial charge in [0.1, 0.15) is 0 Å². The van der Waals surface area contributed by atoms with Crippen LogP contribution >= 0.6 is 12.2 Å². The second-order valence-corrected chi connectivity index (χ2v) is 5.72. The molecule has 1 aliphatic rings. The minimum absolute atomic E-state index is 0.0588. The Labute approximate surface area is 125 Å². The normalized spacial score (nSPS) is 15.7. The second kappa shape index (κ2) is 6.70. The first-order valence-electron chi connectivity index (χ1n) is 7.01. The maximum absolute atomic E-state index is 12.5. The molecule has 20 heavy (non-hydrogen) atoms. The van der Waals surface area contributed by atoms with Gasteiger partial charge in [0.2, 0.25) is 0 Å². The highest BCUT2D eigenvalue weighted by molar-refractivity contribution is 7.80. The molecule has 1 aliphatic carbocycles. The summed E-state index contributed by atoms with van der Waals surface area (Å²) >= 11 is 4.81. The molecule has 5 heteroatoms. The largest absolute Gasteiger partial charge is 0.376 e. The van der Waals surface area contributed by atoms with Crippen molar-refractivity contribution in [2.24, 2.45) is 5.73 Å². The third-order valence-corrected chi connectivity index (χ3v) is 3.92. The predicted molar refractivity (Wildman–Crippen MR) is 85.8 cm³/mol. The van der Waals surface area contributed by atoms with E-state index in [-0.39, 0.29) is 11.0 Å². The fourth-order valence-corrected chi connectivity index (χ4v) is 2.83. The van der Waals surface area contributed by atoms with Gasteiger partial charge in [-0.2, -0.15) is 0 Å². The highest BCUT2D eigenvalue weighted by Crippen LogP contribution is 2.23. The smallest absolute Gasteiger partial charge is 0.253 e. The van der Waals surface area contributed by atoms with Gasteiger partial charge in [-0.05, 0) is 43.3 Å². The van der Waals surface area contributed by atoms with Gasteiger partial charge in [0, 0.05) is 24.3 Å². The number of benzene rings is 1. The van der Waals surface area contributed by atoms with E-state index in [0.29, 0.717) is 11.6 Å². The van der Waals surface area contributed by atoms with Crippen LogP contribution in [0.2, 0.25) is 0 Å². The number of amides is 1. The summed E-state index contributed by atoms with van der Waals surface area (Å²) in [6, 6.07) is 7.66. The molecule has 1 amide bonds. The Hall–Kier alpha value is -1.62. The van der Waals surface area contributed by atoms with Crippen LogP contribution in [0.1, 0.15) is 42.5 Å². The molecule has 108 valence electrons. The van der Waals surface area contributed by atoms with E-state index in [1.807, 2.05) is 30.1 Å². The average Bonchev–Trinajstić information content (AvgIpc) is 2.46. The number of carbonyl (C=O) groups is 1. The van der Waals surface area contributed by atoms with Crippen molar-refractivity contribution in [2.75, 3.05) is 12.4 Å². The molecule has 1 saturated carbocycles. The lowest BCUT2D eigenvalue weighted by atomic mass is 9.94. The number of anilines is 1. The summed E-state index contributed by atoms with van der Waals surface area (Å²) in [6.45, 7) is 0. The van der Waals surface area contributed by atoms with E-state index < -0.39 is 0 Å². The molecule has 0 heterocycles. The minimum Gasteiger partial charge on any atom is -0.376 e. The Morgan fingerprint density at radius 1 is 1.35 bits per heavy atom. The molecule has 0 spiro atoms. The lowest BCUT2D eigenvalue weighted by Crippen LogP contribution is -2.38. The van der Waals surface area contributed by atoms with E-state index in [9.17, 15) is 4.79 Å². The first-order chi connectivity index (χ1) is 9.58. The summed E-state index contributed by atoms with van der Waals surface area (Å²) < 4.78 is 0. The van der Waals surface area contributed by atoms with E-state index in [1.165, 1.54) is 19.3 Å². The van der Waals surface area contributed by atoms with E-state index in [2.05, 4.69) is 5.32 Å². The van der Waals surface area contributed by atoms with Crippen LogP contribution in [0.3, 0.4) is 0 Å². The number of hydrogen-bond acceptors (Lipinski definition) is 2. The highest BCUT2D eigenvalue weighted by atomic mass is 32.1. The molecule has 1 fully saturated rings. The highest BCUT2D eigenvalue weighted by Gasteiger charge is 2.22. The molecule has 2 rings (SSSR count). The van der Waals surface area contributed by atoms with Gasteiger partial charge in [0.15, 0.2) is 5.11 Å². The molecule has 4 nitrogen and oxygen atoms in total. The molecule has 0 aliphatic heterocycles. The Balaban J connectivity index is 2.09. The van der Waals surface area contributed by atoms with Gasteiger partial charge in [-0.15, -0.1) is 0 Å². The molecule has 0 atom stereocenters. The number of carbonyl (C=O) groups excluding carboxylic acids is 1. The first-order valence-corrected chi connectivity index (χ1v) is 7.42. The van der Waals surface area contributed by atoms with Crippen LogP contribution in [0.15, 0.2) is 24.3 Å². The lowest BCUT2D eigenvalue weighted by molar-refractivity contribution is 0.0696. The predicted octanol–water partition coefficient (Wildman–Crippen LogP) is 2.75. The minimum atomic E-state index is 0.0588. The summed E-state index contributed by atoms with van der Waals surface area (Å²) in [4.78, 5) is 14.4. The maximum atomic E-state index is 12.5. The van der Waals surface area contributed by atoms with Gasteiger partial charge >= 0.3 is 0 Å². The van der Waals surface area contributed by atoms with Crippen LogP contribution in [-0.4, -0.2) is 29.0 Å². The van der Waals surface area contributed by atoms with Gasteiger partial charge in [-0.1, -0.05) is 25.3 Å². The van der Waals surface area contributed by atoms with E-state index >= 15 is 0 Å². The third kappa shape index (κ3) is 3.70. The maximum Gasteiger partial charge on any atom is 0.253 e. The molecule has 1 aromatic rings. The van der Waals surface area contributed by atoms with Crippen molar-refractivity contribution in [1.29, 1.82) is 0 Å².